The average molecular weight is 481 g/mol. The number of rotatable bonds is 4. The van der Waals surface area contributed by atoms with E-state index in [0.29, 0.717) is 41.0 Å². The van der Waals surface area contributed by atoms with Crippen molar-refractivity contribution in [1.29, 1.82) is 0 Å². The third-order valence-electron chi connectivity index (χ3n) is 5.73. The van der Waals surface area contributed by atoms with Gasteiger partial charge in [-0.05, 0) is 36.4 Å². The van der Waals surface area contributed by atoms with E-state index in [0.717, 1.165) is 13.1 Å². The number of aromatic nitrogens is 4. The van der Waals surface area contributed by atoms with E-state index in [1.165, 1.54) is 11.7 Å². The molecule has 0 amide bonds. The first-order valence-electron chi connectivity index (χ1n) is 10.7. The van der Waals surface area contributed by atoms with Gasteiger partial charge in [0.1, 0.15) is 0 Å². The first kappa shape index (κ1) is 21.9. The van der Waals surface area contributed by atoms with Gasteiger partial charge in [-0.1, -0.05) is 23.7 Å². The molecule has 0 bridgehead atoms. The topological polar surface area (TPSA) is 114 Å². The van der Waals surface area contributed by atoms with Crippen molar-refractivity contribution in [2.75, 3.05) is 38.2 Å². The van der Waals surface area contributed by atoms with Crippen LogP contribution < -0.4 is 21.5 Å². The molecule has 1 saturated heterocycles. The first-order valence-corrected chi connectivity index (χ1v) is 11.0. The molecule has 2 aromatic heterocycles. The quantitative estimate of drug-likeness (QED) is 0.427. The Morgan fingerprint density at radius 3 is 2.41 bits per heavy atom. The fourth-order valence-corrected chi connectivity index (χ4v) is 4.33. The number of esters is 1. The number of nitrogens with zero attached hydrogens (tertiary/aromatic N) is 4. The number of methoxy groups -OCH3 is 1. The second-order valence-electron chi connectivity index (χ2n) is 7.74. The van der Waals surface area contributed by atoms with E-state index in [2.05, 4.69) is 15.2 Å². The van der Waals surface area contributed by atoms with Gasteiger partial charge in [0, 0.05) is 26.2 Å². The van der Waals surface area contributed by atoms with Crippen LogP contribution in [0.2, 0.25) is 5.02 Å². The number of carbonyl (C=O) groups excluding carboxylic acids is 1. The number of carbonyl (C=O) groups is 1. The molecule has 0 spiro atoms. The van der Waals surface area contributed by atoms with Crippen LogP contribution in [0.25, 0.3) is 22.5 Å². The van der Waals surface area contributed by atoms with Gasteiger partial charge < -0.3 is 15.0 Å². The maximum absolute atomic E-state index is 13.1. The number of hydrogen-bond donors (Lipinski definition) is 2. The maximum atomic E-state index is 13.1. The molecule has 0 aliphatic carbocycles. The van der Waals surface area contributed by atoms with Crippen molar-refractivity contribution in [3.05, 3.63) is 80.0 Å². The number of H-pyrrole nitrogens is 1. The second kappa shape index (κ2) is 8.81. The minimum Gasteiger partial charge on any atom is -0.465 e. The van der Waals surface area contributed by atoms with Gasteiger partial charge in [0.05, 0.1) is 29.1 Å². The van der Waals surface area contributed by atoms with E-state index in [4.69, 9.17) is 21.3 Å². The number of aromatic amines is 1. The largest absolute Gasteiger partial charge is 0.465 e. The molecule has 10 nitrogen and oxygen atoms in total. The fraction of sp³-hybridized carbons (Fsp3) is 0.217. The summed E-state index contributed by atoms with van der Waals surface area (Å²) in [6.07, 6.45) is 0. The molecule has 5 rings (SSSR count). The summed E-state index contributed by atoms with van der Waals surface area (Å²) in [6, 6.07) is 13.5. The molecule has 1 aliphatic heterocycles. The minimum atomic E-state index is -0.640. The molecule has 1 fully saturated rings. The SMILES string of the molecule is COC(=O)c1ccc(-n2c(=O)[nH]c(=O)c3c2nc(N2CCNCC2)n3-c2ccccc2Cl)cc1. The van der Waals surface area contributed by atoms with Crippen LogP contribution in [0.1, 0.15) is 10.4 Å². The number of para-hydroxylation sites is 1. The standard InChI is InChI=1S/C23H21ClN6O4/c1-34-21(32)14-6-8-15(9-7-14)29-19-18(20(31)27-23(29)33)30(17-5-3-2-4-16(17)24)22(26-19)28-12-10-25-11-13-28/h2-9,25H,10-13H2,1H3,(H,27,31,33). The van der Waals surface area contributed by atoms with E-state index in [1.54, 1.807) is 47.0 Å². The Balaban J connectivity index is 1.81. The monoisotopic (exact) mass is 480 g/mol. The summed E-state index contributed by atoms with van der Waals surface area (Å²) in [6.45, 7) is 2.85. The summed E-state index contributed by atoms with van der Waals surface area (Å²) in [7, 11) is 1.30. The highest BCUT2D eigenvalue weighted by molar-refractivity contribution is 6.32. The highest BCUT2D eigenvalue weighted by Crippen LogP contribution is 2.30. The maximum Gasteiger partial charge on any atom is 0.337 e. The number of anilines is 1. The molecule has 11 heteroatoms. The van der Waals surface area contributed by atoms with Crippen LogP contribution in [0.4, 0.5) is 5.95 Å². The summed E-state index contributed by atoms with van der Waals surface area (Å²) in [4.78, 5) is 47.1. The Kier molecular flexibility index (Phi) is 5.68. The van der Waals surface area contributed by atoms with Gasteiger partial charge in [0.15, 0.2) is 11.2 Å². The first-order chi connectivity index (χ1) is 16.5. The third-order valence-corrected chi connectivity index (χ3v) is 6.05. The van der Waals surface area contributed by atoms with E-state index in [9.17, 15) is 14.4 Å². The zero-order chi connectivity index (χ0) is 23.8. The molecule has 2 N–H and O–H groups in total. The van der Waals surface area contributed by atoms with E-state index >= 15 is 0 Å². The highest BCUT2D eigenvalue weighted by atomic mass is 35.5. The third kappa shape index (κ3) is 3.66. The predicted molar refractivity (Wildman–Crippen MR) is 129 cm³/mol. The lowest BCUT2D eigenvalue weighted by atomic mass is 10.2. The second-order valence-corrected chi connectivity index (χ2v) is 8.15. The van der Waals surface area contributed by atoms with Crippen molar-refractivity contribution < 1.29 is 9.53 Å². The molecule has 0 atom stereocenters. The zero-order valence-electron chi connectivity index (χ0n) is 18.2. The Labute approximate surface area is 198 Å². The van der Waals surface area contributed by atoms with Gasteiger partial charge in [-0.2, -0.15) is 4.98 Å². The average Bonchev–Trinajstić information content (AvgIpc) is 3.25. The molecule has 0 radical (unpaired) electrons. The number of imidazole rings is 1. The molecule has 1 aliphatic rings. The Morgan fingerprint density at radius 1 is 1.03 bits per heavy atom. The number of halogens is 1. The van der Waals surface area contributed by atoms with Crippen LogP contribution in [-0.4, -0.2) is 58.4 Å². The van der Waals surface area contributed by atoms with Crippen LogP contribution in [0.3, 0.4) is 0 Å². The molecule has 2 aromatic carbocycles. The molecule has 174 valence electrons. The fourth-order valence-electron chi connectivity index (χ4n) is 4.11. The lowest BCUT2D eigenvalue weighted by Gasteiger charge is -2.28. The van der Waals surface area contributed by atoms with Crippen molar-refractivity contribution in [3.8, 4) is 11.4 Å². The number of nitrogens with one attached hydrogen (secondary N) is 2. The van der Waals surface area contributed by atoms with Crippen LogP contribution in [0.5, 0.6) is 0 Å². The summed E-state index contributed by atoms with van der Waals surface area (Å²) in [5.74, 6) is 0.0233. The van der Waals surface area contributed by atoms with Gasteiger partial charge >= 0.3 is 11.7 Å². The normalized spacial score (nSPS) is 13.9. The van der Waals surface area contributed by atoms with E-state index < -0.39 is 17.2 Å². The van der Waals surface area contributed by atoms with E-state index in [1.807, 2.05) is 6.07 Å². The van der Waals surface area contributed by atoms with E-state index in [-0.39, 0.29) is 11.2 Å². The van der Waals surface area contributed by atoms with Gasteiger partial charge in [-0.3, -0.25) is 14.3 Å². The summed E-state index contributed by atoms with van der Waals surface area (Å²) in [5, 5.41) is 3.74. The van der Waals surface area contributed by atoms with Crippen molar-refractivity contribution in [3.63, 3.8) is 0 Å². The lowest BCUT2D eigenvalue weighted by Crippen LogP contribution is -2.44. The number of ether oxygens (including phenoxy) is 1. The minimum absolute atomic E-state index is 0.188. The predicted octanol–water partition coefficient (Wildman–Crippen LogP) is 1.71. The van der Waals surface area contributed by atoms with Crippen LogP contribution in [0.15, 0.2) is 58.1 Å². The van der Waals surface area contributed by atoms with Gasteiger partial charge in [-0.15, -0.1) is 0 Å². The van der Waals surface area contributed by atoms with Crippen molar-refractivity contribution in [1.82, 2.24) is 24.4 Å². The summed E-state index contributed by atoms with van der Waals surface area (Å²) >= 11 is 6.52. The van der Waals surface area contributed by atoms with Gasteiger partial charge in [0.2, 0.25) is 5.95 Å². The molecule has 0 unspecified atom stereocenters. The van der Waals surface area contributed by atoms with Crippen LogP contribution in [-0.2, 0) is 4.74 Å². The van der Waals surface area contributed by atoms with Crippen LogP contribution >= 0.6 is 11.6 Å². The number of benzene rings is 2. The molecular weight excluding hydrogens is 460 g/mol. The molecule has 3 heterocycles. The highest BCUT2D eigenvalue weighted by Gasteiger charge is 2.26. The summed E-state index contributed by atoms with van der Waals surface area (Å²) in [5.41, 5.74) is 0.524. The van der Waals surface area contributed by atoms with Crippen molar-refractivity contribution in [2.45, 2.75) is 0 Å². The lowest BCUT2D eigenvalue weighted by molar-refractivity contribution is 0.0600. The Bertz CT molecular complexity index is 1500. The van der Waals surface area contributed by atoms with Crippen LogP contribution in [0, 0.1) is 0 Å². The number of hydrogen-bond acceptors (Lipinski definition) is 7. The van der Waals surface area contributed by atoms with Gasteiger partial charge in [-0.25, -0.2) is 14.2 Å². The molecule has 4 aromatic rings. The number of piperazine rings is 1. The molecule has 0 saturated carbocycles. The smallest absolute Gasteiger partial charge is 0.337 e. The molecule has 34 heavy (non-hydrogen) atoms. The Hall–Kier alpha value is -3.89. The molecular formula is C23H21ClN6O4. The van der Waals surface area contributed by atoms with Crippen molar-refractivity contribution in [2.24, 2.45) is 0 Å². The summed E-state index contributed by atoms with van der Waals surface area (Å²) < 4.78 is 7.76. The zero-order valence-corrected chi connectivity index (χ0v) is 19.0. The van der Waals surface area contributed by atoms with Crippen molar-refractivity contribution >= 4 is 34.7 Å². The Morgan fingerprint density at radius 2 is 1.74 bits per heavy atom. The number of fused-ring (bicyclic) bond motifs is 1. The van der Waals surface area contributed by atoms with Gasteiger partial charge in [0.25, 0.3) is 5.56 Å².